The maximum Gasteiger partial charge on any atom is 0.416 e. The summed E-state index contributed by atoms with van der Waals surface area (Å²) in [6, 6.07) is 24.7. The number of fused-ring (bicyclic) bond motifs is 4. The van der Waals surface area contributed by atoms with Crippen LogP contribution < -0.4 is 20.9 Å². The fourth-order valence-electron chi connectivity index (χ4n) is 14.9. The molecule has 12 heterocycles. The number of anilines is 4. The van der Waals surface area contributed by atoms with Crippen LogP contribution in [0.2, 0.25) is 54.4 Å². The molecule has 33 nitrogen and oxygen atoms in total. The van der Waals surface area contributed by atoms with Crippen LogP contribution in [0.5, 0.6) is 0 Å². The number of imidazole rings is 4. The molecule has 4 aliphatic heterocycles. The van der Waals surface area contributed by atoms with Crippen molar-refractivity contribution in [3.63, 3.8) is 0 Å². The lowest BCUT2D eigenvalue weighted by atomic mass is 10.1. The Morgan fingerprint density at radius 1 is 0.427 bits per heavy atom. The summed E-state index contributed by atoms with van der Waals surface area (Å²) in [6.07, 6.45) is 14.7. The molecule has 15 rings (SSSR count). The first-order valence-corrected chi connectivity index (χ1v) is 56.9. The Bertz CT molecular complexity index is 5660. The minimum absolute atomic E-state index is 0.00575. The zero-order chi connectivity index (χ0) is 95.3. The normalized spacial score (nSPS) is 21.6. The van der Waals surface area contributed by atoms with Crippen LogP contribution in [0, 0.1) is 10.7 Å². The summed E-state index contributed by atoms with van der Waals surface area (Å²) in [4.78, 5) is 80.6. The minimum Gasteiger partial charge on any atom is -0.444 e. The summed E-state index contributed by atoms with van der Waals surface area (Å²) in [6.45, 7) is 52.7. The van der Waals surface area contributed by atoms with Crippen molar-refractivity contribution < 1.29 is 61.5 Å². The zero-order valence-electron chi connectivity index (χ0n) is 79.9. The zero-order valence-corrected chi connectivity index (χ0v) is 89.3. The van der Waals surface area contributed by atoms with Gasteiger partial charge in [0.15, 0.2) is 92.9 Å². The second kappa shape index (κ2) is 42.4. The number of hydrogen-bond donors (Lipinski definition) is 5. The predicted molar refractivity (Wildman–Crippen MR) is 540 cm³/mol. The molecule has 5 N–H and O–H groups in total. The first-order valence-electron chi connectivity index (χ1n) is 44.9. The van der Waals surface area contributed by atoms with E-state index in [2.05, 4.69) is 314 Å². The molecule has 39 heteroatoms. The van der Waals surface area contributed by atoms with Gasteiger partial charge in [0.1, 0.15) is 67.5 Å². The third-order valence-electron chi connectivity index (χ3n) is 25.0. The highest BCUT2D eigenvalue weighted by Gasteiger charge is 2.49. The van der Waals surface area contributed by atoms with E-state index in [-0.39, 0.29) is 83.6 Å². The smallest absolute Gasteiger partial charge is 0.416 e. The molecule has 8 aromatic heterocycles. The van der Waals surface area contributed by atoms with E-state index < -0.39 is 66.8 Å². The van der Waals surface area contributed by atoms with Gasteiger partial charge in [0, 0.05) is 49.5 Å². The summed E-state index contributed by atoms with van der Waals surface area (Å²) >= 11 is 6.85. The van der Waals surface area contributed by atoms with Crippen molar-refractivity contribution in [3.05, 3.63) is 151 Å². The van der Waals surface area contributed by atoms with Gasteiger partial charge in [0.25, 0.3) is 0 Å². The van der Waals surface area contributed by atoms with Gasteiger partial charge in [-0.05, 0) is 236 Å². The van der Waals surface area contributed by atoms with Crippen LogP contribution in [0.3, 0.4) is 0 Å². The number of amides is 2. The summed E-state index contributed by atoms with van der Waals surface area (Å²) < 4.78 is 67.6. The van der Waals surface area contributed by atoms with Crippen molar-refractivity contribution in [3.8, 4) is 0 Å². The monoisotopic (exact) mass is 2190 g/mol. The van der Waals surface area contributed by atoms with E-state index in [1.807, 2.05) is 65.1 Å². The van der Waals surface area contributed by atoms with E-state index in [9.17, 15) is 19.8 Å². The number of ether oxygens (including phenoxy) is 6. The first-order chi connectivity index (χ1) is 61.5. The molecule has 12 atom stereocenters. The molecule has 0 spiro atoms. The number of aliphatic hydroxyl groups excluding tert-OH is 2. The average Bonchev–Trinajstić information content (AvgIpc) is 1.63. The first kappa shape index (κ1) is 102. The number of benzene rings is 3. The third kappa shape index (κ3) is 25.4. The van der Waals surface area contributed by atoms with Crippen molar-refractivity contribution in [2.24, 2.45) is 0 Å². The van der Waals surface area contributed by atoms with Gasteiger partial charge in [-0.3, -0.25) is 28.5 Å². The van der Waals surface area contributed by atoms with E-state index in [1.165, 1.54) is 36.6 Å². The van der Waals surface area contributed by atoms with Crippen LogP contribution >= 0.6 is 67.8 Å². The standard InChI is InChI=1S/C29H42IN5O4Si.C24H34IN5O2Si.C22H37N5O4Si.C17H18IN5O3/c1-10-21-22(39-40(8,9)29(5,6)7)15-23(37-21)35-18-33-24-25(31-17-32-26(24)35)34(27(36)38-28(2,3)4)16-19-11-13-20(30)14-12-19;1-7-18-19(32-33(5,6)24(2,3)4)12-20(31-18)30-15-29-21-22(27-14-28-23(21)30)26-13-16-8-10-17(25)11-9-16;1-10-14-15(31-32(8,9)22(5,6)7)11-16(29-14)27-13-25-17-18(23-12-24-19(17)27)26-20(28)30-21(2,3)4;18-11-3-1-10(2-4-11)6-19-16-15-17(21-8-20-16)23(9-22-15)14-5-12(25)13(7-24)26-14/h11-14,17-18,21-23H,10,15-16H2,1-9H3;8-11,14-15,18-20H,7,12-13H2,1-6H3,(H,26,27,28);12-16H,10-11H2,1-9H3,(H,23,24,26,28);1-4,8-9,12-14,24-25H,5-7H2,(H,19,20,21)/t21-,22?,23-;18-,19?,20-;14-,15?,16-;12?,13-,14-/m1111/s1. The second-order valence-corrected chi connectivity index (χ2v) is 58.1. The third-order valence-corrected chi connectivity index (χ3v) is 40.7. The molecule has 2 amide bonds. The number of hydrogen-bond acceptors (Lipinski definition) is 27. The molecule has 4 aliphatic rings. The molecule has 3 aromatic carbocycles. The topological polar surface area (TPSA) is 371 Å². The second-order valence-electron chi connectivity index (χ2n) is 40.1. The highest BCUT2D eigenvalue weighted by atomic mass is 127. The molecule has 710 valence electrons. The summed E-state index contributed by atoms with van der Waals surface area (Å²) in [7, 11) is -5.81. The number of rotatable bonds is 24. The van der Waals surface area contributed by atoms with Gasteiger partial charge in [0.2, 0.25) is 0 Å². The quantitative estimate of drug-likeness (QED) is 0.0277. The van der Waals surface area contributed by atoms with Crippen molar-refractivity contribution >= 4 is 173 Å². The molecule has 0 bridgehead atoms. The minimum atomic E-state index is -1.98. The molecule has 0 saturated carbocycles. The molecule has 0 radical (unpaired) electrons. The Morgan fingerprint density at radius 2 is 0.740 bits per heavy atom. The van der Waals surface area contributed by atoms with Gasteiger partial charge < -0.3 is 62.5 Å². The van der Waals surface area contributed by atoms with Gasteiger partial charge >= 0.3 is 12.2 Å². The lowest BCUT2D eigenvalue weighted by molar-refractivity contribution is -0.0432. The number of nitrogens with one attached hydrogen (secondary N) is 3. The maximum absolute atomic E-state index is 13.4. The van der Waals surface area contributed by atoms with Gasteiger partial charge in [-0.1, -0.05) is 119 Å². The highest BCUT2D eigenvalue weighted by Crippen LogP contribution is 2.47. The molecule has 4 fully saturated rings. The number of aliphatic hydroxyl groups is 2. The van der Waals surface area contributed by atoms with Crippen molar-refractivity contribution in [2.75, 3.05) is 27.5 Å². The Hall–Kier alpha value is -7.52. The average molecular weight is 2190 g/mol. The summed E-state index contributed by atoms with van der Waals surface area (Å²) in [5, 5.41) is 29.0. The molecule has 0 aliphatic carbocycles. The summed E-state index contributed by atoms with van der Waals surface area (Å²) in [5.74, 6) is 2.08. The van der Waals surface area contributed by atoms with Crippen LogP contribution in [0.25, 0.3) is 44.7 Å². The highest BCUT2D eigenvalue weighted by molar-refractivity contribution is 14.1. The van der Waals surface area contributed by atoms with Gasteiger partial charge in [0.05, 0.1) is 81.2 Å². The maximum atomic E-state index is 13.4. The van der Waals surface area contributed by atoms with Gasteiger partial charge in [-0.2, -0.15) is 0 Å². The largest absolute Gasteiger partial charge is 0.444 e. The Morgan fingerprint density at radius 3 is 1.08 bits per heavy atom. The number of halogens is 3. The van der Waals surface area contributed by atoms with Crippen LogP contribution in [-0.4, -0.2) is 192 Å². The van der Waals surface area contributed by atoms with Crippen LogP contribution in [-0.2, 0) is 61.3 Å². The Balaban J connectivity index is 0.000000159. The number of aromatic nitrogens is 16. The fraction of sp³-hybridized carbons (Fsp3) is 0.565. The molecular formula is C92H131I3N20O13Si3. The Labute approximate surface area is 812 Å². The predicted octanol–water partition coefficient (Wildman–Crippen LogP) is 20.5. The molecule has 131 heavy (non-hydrogen) atoms. The molecular weight excluding hydrogens is 2060 g/mol. The van der Waals surface area contributed by atoms with E-state index in [1.54, 1.807) is 50.6 Å². The van der Waals surface area contributed by atoms with Crippen molar-refractivity contribution in [1.29, 1.82) is 0 Å². The lowest BCUT2D eigenvalue weighted by Crippen LogP contribution is -2.45. The molecule has 4 unspecified atom stereocenters. The summed E-state index contributed by atoms with van der Waals surface area (Å²) in [5.41, 5.74) is 7.03. The lowest BCUT2D eigenvalue weighted by Gasteiger charge is -2.39. The van der Waals surface area contributed by atoms with E-state index in [4.69, 9.17) is 41.7 Å². The van der Waals surface area contributed by atoms with Crippen LogP contribution in [0.1, 0.15) is 211 Å². The van der Waals surface area contributed by atoms with E-state index in [0.717, 1.165) is 63.8 Å². The van der Waals surface area contributed by atoms with Crippen molar-refractivity contribution in [1.82, 2.24) is 78.1 Å². The van der Waals surface area contributed by atoms with Crippen molar-refractivity contribution in [2.45, 2.75) is 329 Å². The van der Waals surface area contributed by atoms with Gasteiger partial charge in [-0.15, -0.1) is 0 Å². The van der Waals surface area contributed by atoms with Crippen LogP contribution in [0.15, 0.2) is 123 Å². The van der Waals surface area contributed by atoms with Gasteiger partial charge in [-0.25, -0.2) is 69.4 Å². The van der Waals surface area contributed by atoms with Crippen LogP contribution in [0.4, 0.5) is 32.9 Å². The molecule has 11 aromatic rings. The number of carbonyl (C=O) groups is 2. The Kier molecular flexibility index (Phi) is 33.1. The fourth-order valence-corrected chi connectivity index (χ4v) is 20.0. The van der Waals surface area contributed by atoms with E-state index >= 15 is 0 Å². The molecule has 4 saturated heterocycles. The SMILES string of the molecule is CC[C@H]1O[C@@H](n2cnc3c(N(Cc4ccc(I)cc4)C(=O)OC(C)(C)C)ncnc32)CC1O[Si](C)(C)C(C)(C)C.CC[C@H]1O[C@@H](n2cnc3c(NC(=O)OC(C)(C)C)ncnc32)CC1O[Si](C)(C)C(C)(C)C.CC[C@H]1O[C@@H](n2cnc3c(NCc4ccc(I)cc4)ncnc32)CC1O[Si](C)(C)C(C)(C)C.OC[C@H]1O[C@@H](n2cnc3c(NCc4ccc(I)cc4)ncnc32)CC1O. The number of nitrogens with zero attached hydrogens (tertiary/aromatic N) is 17. The number of carbonyl (C=O) groups excluding carboxylic acids is 2. The van der Waals surface area contributed by atoms with E-state index in [0.29, 0.717) is 76.9 Å².